The van der Waals surface area contributed by atoms with E-state index in [-0.39, 0.29) is 42.7 Å². The highest BCUT2D eigenvalue weighted by Crippen LogP contribution is 2.46. The average Bonchev–Trinajstić information content (AvgIpc) is 3.34. The Morgan fingerprint density at radius 3 is 2.82 bits per heavy atom. The molecule has 1 fully saturated rings. The van der Waals surface area contributed by atoms with Gasteiger partial charge < -0.3 is 24.9 Å². The molecule has 9 heteroatoms. The molecule has 3 aliphatic rings. The Kier molecular flexibility index (Phi) is 5.46. The topological polar surface area (TPSA) is 87.6 Å². The van der Waals surface area contributed by atoms with Gasteiger partial charge in [-0.2, -0.15) is 8.78 Å². The molecule has 0 radical (unpaired) electrons. The van der Waals surface area contributed by atoms with Crippen LogP contribution in [0.3, 0.4) is 0 Å². The van der Waals surface area contributed by atoms with Crippen molar-refractivity contribution < 1.29 is 23.4 Å². The molecule has 0 amide bonds. The van der Waals surface area contributed by atoms with Crippen molar-refractivity contribution in [2.24, 2.45) is 0 Å². The van der Waals surface area contributed by atoms with Gasteiger partial charge in [0.2, 0.25) is 5.95 Å². The highest BCUT2D eigenvalue weighted by atomic mass is 19.3. The number of aldehydes is 1. The monoisotopic (exact) mass is 458 g/mol. The maximum atomic E-state index is 14.7. The summed E-state index contributed by atoms with van der Waals surface area (Å²) in [7, 11) is 1.88. The van der Waals surface area contributed by atoms with Crippen molar-refractivity contribution in [3.8, 4) is 11.3 Å². The van der Waals surface area contributed by atoms with Gasteiger partial charge in [-0.15, -0.1) is 0 Å². The summed E-state index contributed by atoms with van der Waals surface area (Å²) in [6.07, 6.45) is 1.81. The predicted molar refractivity (Wildman–Crippen MR) is 118 cm³/mol. The molecule has 0 saturated carbocycles. The van der Waals surface area contributed by atoms with Crippen molar-refractivity contribution in [1.29, 1.82) is 0 Å². The van der Waals surface area contributed by atoms with Crippen LogP contribution in [0.4, 0.5) is 14.7 Å². The van der Waals surface area contributed by atoms with Crippen LogP contribution < -0.4 is 10.2 Å². The number of anilines is 1. The van der Waals surface area contributed by atoms with Crippen LogP contribution in [-0.4, -0.2) is 60.3 Å². The number of hydrogen-bond donors (Lipinski definition) is 2. The van der Waals surface area contributed by atoms with Crippen LogP contribution in [0.25, 0.3) is 11.3 Å². The molecule has 1 aromatic heterocycles. The summed E-state index contributed by atoms with van der Waals surface area (Å²) in [5, 5.41) is 13.3. The highest BCUT2D eigenvalue weighted by molar-refractivity contribution is 5.69. The molecule has 1 aromatic carbocycles. The molecular formula is C24H28F2N4O3. The number of likely N-dealkylation sites (N-methyl/N-ethyl adjacent to an activating group) is 1. The van der Waals surface area contributed by atoms with Crippen LogP contribution in [-0.2, 0) is 33.8 Å². The van der Waals surface area contributed by atoms with E-state index in [0.717, 1.165) is 35.8 Å². The van der Waals surface area contributed by atoms with E-state index in [1.807, 2.05) is 32.2 Å². The minimum Gasteiger partial charge on any atom is -0.389 e. The lowest BCUT2D eigenvalue weighted by Crippen LogP contribution is -2.59. The number of hydrogen-bond acceptors (Lipinski definition) is 7. The minimum atomic E-state index is -2.98. The largest absolute Gasteiger partial charge is 0.389 e. The Morgan fingerprint density at radius 1 is 1.30 bits per heavy atom. The third kappa shape index (κ3) is 3.53. The smallest absolute Gasteiger partial charge is 0.290 e. The molecule has 3 atom stereocenters. The van der Waals surface area contributed by atoms with Gasteiger partial charge in [-0.3, -0.25) is 0 Å². The lowest BCUT2D eigenvalue weighted by Gasteiger charge is -2.43. The Labute approximate surface area is 191 Å². The summed E-state index contributed by atoms with van der Waals surface area (Å²) < 4.78 is 34.9. The molecule has 1 aliphatic heterocycles. The first-order valence-corrected chi connectivity index (χ1v) is 11.4. The predicted octanol–water partition coefficient (Wildman–Crippen LogP) is 2.33. The van der Waals surface area contributed by atoms with E-state index < -0.39 is 12.0 Å². The highest BCUT2D eigenvalue weighted by Gasteiger charge is 2.45. The number of rotatable bonds is 7. The molecule has 5 rings (SSSR count). The lowest BCUT2D eigenvalue weighted by atomic mass is 9.91. The summed E-state index contributed by atoms with van der Waals surface area (Å²) in [5.74, 6) is -2.74. The lowest BCUT2D eigenvalue weighted by molar-refractivity contribution is -0.112. The molecule has 2 aliphatic carbocycles. The number of alkyl halides is 2. The molecule has 2 heterocycles. The van der Waals surface area contributed by atoms with Gasteiger partial charge >= 0.3 is 0 Å². The zero-order valence-electron chi connectivity index (χ0n) is 18.8. The van der Waals surface area contributed by atoms with E-state index in [4.69, 9.17) is 9.72 Å². The normalized spacial score (nSPS) is 27.2. The molecule has 0 bridgehead atoms. The Bertz CT molecular complexity index is 1100. The second kappa shape index (κ2) is 8.07. The summed E-state index contributed by atoms with van der Waals surface area (Å²) >= 11 is 0. The molecule has 176 valence electrons. The molecule has 0 spiro atoms. The van der Waals surface area contributed by atoms with E-state index in [1.165, 1.54) is 0 Å². The number of ether oxygens (including phenoxy) is 1. The van der Waals surface area contributed by atoms with E-state index in [0.29, 0.717) is 24.4 Å². The molecule has 7 nitrogen and oxygen atoms in total. The van der Waals surface area contributed by atoms with Crippen LogP contribution in [0.5, 0.6) is 0 Å². The molecule has 1 unspecified atom stereocenters. The first kappa shape index (κ1) is 22.3. The first-order chi connectivity index (χ1) is 15.8. The summed E-state index contributed by atoms with van der Waals surface area (Å²) in [4.78, 5) is 21.4. The van der Waals surface area contributed by atoms with Crippen LogP contribution >= 0.6 is 0 Å². The fourth-order valence-corrected chi connectivity index (χ4v) is 5.29. The minimum absolute atomic E-state index is 0.0462. The van der Waals surface area contributed by atoms with Gasteiger partial charge in [0.25, 0.3) is 5.92 Å². The van der Waals surface area contributed by atoms with Crippen molar-refractivity contribution in [3.05, 3.63) is 40.6 Å². The number of fused-ring (bicyclic) bond motifs is 2. The number of halogens is 2. The fraction of sp³-hybridized carbons (Fsp3) is 0.542. The SMILES string of the molecule is CN[C@]1(COCC=O)CCc2cc(-c3nc(N4CC(O)[C@@H]4C)nc4c3CCC4(F)F)ccc21. The maximum Gasteiger partial charge on any atom is 0.290 e. The van der Waals surface area contributed by atoms with Crippen molar-refractivity contribution in [2.75, 3.05) is 31.7 Å². The summed E-state index contributed by atoms with van der Waals surface area (Å²) in [6, 6.07) is 5.75. The van der Waals surface area contributed by atoms with Gasteiger partial charge in [0.15, 0.2) is 0 Å². The molecule has 1 saturated heterocycles. The fourth-order valence-electron chi connectivity index (χ4n) is 5.29. The Morgan fingerprint density at radius 2 is 2.12 bits per heavy atom. The number of nitrogens with zero attached hydrogens (tertiary/aromatic N) is 3. The quantitative estimate of drug-likeness (QED) is 0.486. The van der Waals surface area contributed by atoms with Gasteiger partial charge in [0.1, 0.15) is 18.6 Å². The van der Waals surface area contributed by atoms with Gasteiger partial charge in [0, 0.05) is 24.1 Å². The van der Waals surface area contributed by atoms with Crippen molar-refractivity contribution in [2.45, 2.75) is 56.2 Å². The third-order valence-electron chi connectivity index (χ3n) is 7.45. The third-order valence-corrected chi connectivity index (χ3v) is 7.45. The number of carbonyl (C=O) groups is 1. The summed E-state index contributed by atoms with van der Waals surface area (Å²) in [6.45, 7) is 2.59. The zero-order chi connectivity index (χ0) is 23.4. The Balaban J connectivity index is 1.55. The maximum absolute atomic E-state index is 14.7. The number of aliphatic hydroxyl groups excluding tert-OH is 1. The molecule has 2 N–H and O–H groups in total. The zero-order valence-corrected chi connectivity index (χ0v) is 18.8. The second-order valence-electron chi connectivity index (χ2n) is 9.25. The first-order valence-electron chi connectivity index (χ1n) is 11.4. The average molecular weight is 459 g/mol. The number of nitrogens with one attached hydrogen (secondary N) is 1. The van der Waals surface area contributed by atoms with E-state index >= 15 is 0 Å². The molecule has 33 heavy (non-hydrogen) atoms. The summed E-state index contributed by atoms with van der Waals surface area (Å²) in [5.41, 5.74) is 3.47. The van der Waals surface area contributed by atoms with Crippen LogP contribution in [0.2, 0.25) is 0 Å². The van der Waals surface area contributed by atoms with Crippen molar-refractivity contribution in [1.82, 2.24) is 15.3 Å². The Hall–Kier alpha value is -2.49. The second-order valence-corrected chi connectivity index (χ2v) is 9.25. The van der Waals surface area contributed by atoms with Gasteiger partial charge in [-0.1, -0.05) is 12.1 Å². The number of carbonyl (C=O) groups excluding carboxylic acids is 1. The standard InChI is InChI=1S/C24H28F2N4O3/c1-14-19(32)12-30(14)22-28-20(17-6-8-24(25,26)21(17)29-22)16-3-4-18-15(11-16)5-7-23(18,27-2)13-33-10-9-31/h3-4,9,11,14,19,27,32H,5-8,10,12-13H2,1-2H3/t14-,19?,23-/m0/s1. The number of benzene rings is 1. The van der Waals surface area contributed by atoms with E-state index in [1.54, 1.807) is 4.90 Å². The number of aliphatic hydroxyl groups is 1. The van der Waals surface area contributed by atoms with Crippen LogP contribution in [0.15, 0.2) is 18.2 Å². The number of β-amino-alcohol motifs (C(OH)–C–C–N with tert-alkyl or cyclic N) is 1. The van der Waals surface area contributed by atoms with Gasteiger partial charge in [-0.05, 0) is 50.4 Å². The van der Waals surface area contributed by atoms with E-state index in [2.05, 4.69) is 10.3 Å². The number of aromatic nitrogens is 2. The number of aryl methyl sites for hydroxylation is 1. The van der Waals surface area contributed by atoms with Gasteiger partial charge in [0.05, 0.1) is 30.0 Å². The molecule has 2 aromatic rings. The van der Waals surface area contributed by atoms with Crippen molar-refractivity contribution in [3.63, 3.8) is 0 Å². The molecular weight excluding hydrogens is 430 g/mol. The van der Waals surface area contributed by atoms with E-state index in [9.17, 15) is 18.7 Å². The van der Waals surface area contributed by atoms with Gasteiger partial charge in [-0.25, -0.2) is 9.97 Å². The van der Waals surface area contributed by atoms with Crippen LogP contribution in [0.1, 0.15) is 42.1 Å². The van der Waals surface area contributed by atoms with Crippen molar-refractivity contribution >= 4 is 12.2 Å². The van der Waals surface area contributed by atoms with Crippen LogP contribution in [0, 0.1) is 0 Å².